The van der Waals surface area contributed by atoms with Crippen LogP contribution in [-0.4, -0.2) is 33.3 Å². The number of amides is 1. The first-order valence-corrected chi connectivity index (χ1v) is 9.08. The summed E-state index contributed by atoms with van der Waals surface area (Å²) in [6.07, 6.45) is 0. The highest BCUT2D eigenvalue weighted by Gasteiger charge is 2.30. The number of phenolic OH excluding ortho intramolecular Hbond substituents is 1. The van der Waals surface area contributed by atoms with Gasteiger partial charge in [-0.15, -0.1) is 0 Å². The second-order valence-electron chi connectivity index (χ2n) is 6.60. The van der Waals surface area contributed by atoms with Crippen molar-refractivity contribution < 1.29 is 33.0 Å². The van der Waals surface area contributed by atoms with Gasteiger partial charge in [0, 0.05) is 22.7 Å². The number of rotatable bonds is 4. The van der Waals surface area contributed by atoms with Crippen molar-refractivity contribution in [1.82, 2.24) is 9.88 Å². The Morgan fingerprint density at radius 3 is 2.47 bits per heavy atom. The molecule has 0 bridgehead atoms. The Bertz CT molecular complexity index is 1190. The summed E-state index contributed by atoms with van der Waals surface area (Å²) >= 11 is 5.64. The van der Waals surface area contributed by atoms with Crippen LogP contribution in [0.3, 0.4) is 0 Å². The van der Waals surface area contributed by atoms with Gasteiger partial charge in [-0.3, -0.25) is 14.2 Å². The van der Waals surface area contributed by atoms with Crippen LogP contribution in [0.4, 0.5) is 13.2 Å². The topological polar surface area (TPSA) is 91.6 Å². The van der Waals surface area contributed by atoms with E-state index in [0.717, 1.165) is 22.8 Å². The smallest absolute Gasteiger partial charge is 0.262 e. The van der Waals surface area contributed by atoms with Gasteiger partial charge in [-0.1, -0.05) is 11.6 Å². The van der Waals surface area contributed by atoms with E-state index in [2.05, 4.69) is 5.32 Å². The molecule has 0 spiro atoms. The first kappa shape index (κ1) is 21.7. The normalized spacial score (nSPS) is 12.2. The van der Waals surface area contributed by atoms with Crippen molar-refractivity contribution in [2.24, 2.45) is 0 Å². The lowest BCUT2D eigenvalue weighted by Gasteiger charge is -2.13. The van der Waals surface area contributed by atoms with Gasteiger partial charge in [-0.05, 0) is 37.6 Å². The molecule has 3 N–H and O–H groups in total. The molecular weight excluding hydrogens is 425 g/mol. The van der Waals surface area contributed by atoms with Crippen LogP contribution in [0.5, 0.6) is 5.75 Å². The second kappa shape index (κ2) is 8.00. The molecule has 0 aliphatic heterocycles. The fourth-order valence-corrected chi connectivity index (χ4v) is 3.54. The van der Waals surface area contributed by atoms with Crippen molar-refractivity contribution in [2.75, 3.05) is 6.73 Å². The SMILES string of the molecule is Cc1c([C@H](C)C(=O)NCO)c2c(F)c(O)c(F)cc2n1C(=O)c1ccc(Cl)c(F)c1. The number of fused-ring (bicyclic) bond motifs is 1. The number of benzene rings is 2. The van der Waals surface area contributed by atoms with E-state index in [1.165, 1.54) is 19.9 Å². The molecule has 158 valence electrons. The van der Waals surface area contributed by atoms with E-state index >= 15 is 0 Å². The van der Waals surface area contributed by atoms with Gasteiger partial charge >= 0.3 is 0 Å². The maximum Gasteiger partial charge on any atom is 0.262 e. The van der Waals surface area contributed by atoms with E-state index in [-0.39, 0.29) is 32.7 Å². The van der Waals surface area contributed by atoms with Gasteiger partial charge in [0.2, 0.25) is 5.91 Å². The van der Waals surface area contributed by atoms with E-state index < -0.39 is 47.7 Å². The van der Waals surface area contributed by atoms with Crippen LogP contribution in [0.25, 0.3) is 10.9 Å². The second-order valence-corrected chi connectivity index (χ2v) is 7.01. The number of carbonyl (C=O) groups excluding carboxylic acids is 2. The summed E-state index contributed by atoms with van der Waals surface area (Å²) in [5, 5.41) is 20.3. The predicted octanol–water partition coefficient (Wildman–Crippen LogP) is 3.58. The predicted molar refractivity (Wildman–Crippen MR) is 103 cm³/mol. The monoisotopic (exact) mass is 440 g/mol. The zero-order valence-corrected chi connectivity index (χ0v) is 16.5. The number of aliphatic hydroxyl groups excluding tert-OH is 1. The number of carbonyl (C=O) groups is 2. The minimum Gasteiger partial charge on any atom is -0.503 e. The molecule has 30 heavy (non-hydrogen) atoms. The van der Waals surface area contributed by atoms with Crippen LogP contribution in [-0.2, 0) is 4.79 Å². The highest BCUT2D eigenvalue weighted by molar-refractivity contribution is 6.30. The van der Waals surface area contributed by atoms with Crippen LogP contribution >= 0.6 is 11.6 Å². The number of nitrogens with one attached hydrogen (secondary N) is 1. The van der Waals surface area contributed by atoms with Crippen LogP contribution in [0.15, 0.2) is 24.3 Å². The molecule has 3 rings (SSSR count). The van der Waals surface area contributed by atoms with Crippen molar-refractivity contribution in [3.63, 3.8) is 0 Å². The van der Waals surface area contributed by atoms with Gasteiger partial charge in [0.1, 0.15) is 12.5 Å². The van der Waals surface area contributed by atoms with Crippen molar-refractivity contribution in [2.45, 2.75) is 19.8 Å². The Hall–Kier alpha value is -3.04. The summed E-state index contributed by atoms with van der Waals surface area (Å²) in [4.78, 5) is 25.3. The lowest BCUT2D eigenvalue weighted by molar-refractivity contribution is -0.123. The number of aliphatic hydroxyl groups is 1. The van der Waals surface area contributed by atoms with Crippen LogP contribution < -0.4 is 5.32 Å². The fraction of sp³-hybridized carbons (Fsp3) is 0.200. The van der Waals surface area contributed by atoms with Gasteiger partial charge in [0.25, 0.3) is 5.91 Å². The number of aromatic hydroxyl groups is 1. The first-order chi connectivity index (χ1) is 14.1. The number of halogens is 4. The third-order valence-electron chi connectivity index (χ3n) is 4.86. The molecule has 6 nitrogen and oxygen atoms in total. The van der Waals surface area contributed by atoms with E-state index in [9.17, 15) is 27.9 Å². The van der Waals surface area contributed by atoms with Crippen LogP contribution in [0.1, 0.15) is 34.5 Å². The van der Waals surface area contributed by atoms with E-state index in [1.54, 1.807) is 0 Å². The quantitative estimate of drug-likeness (QED) is 0.541. The van der Waals surface area contributed by atoms with Gasteiger partial charge < -0.3 is 15.5 Å². The Morgan fingerprint density at radius 1 is 1.20 bits per heavy atom. The summed E-state index contributed by atoms with van der Waals surface area (Å²) in [6.45, 7) is 2.12. The van der Waals surface area contributed by atoms with Gasteiger partial charge in [-0.2, -0.15) is 0 Å². The zero-order valence-electron chi connectivity index (χ0n) is 15.8. The van der Waals surface area contributed by atoms with Gasteiger partial charge in [0.05, 0.1) is 16.5 Å². The largest absolute Gasteiger partial charge is 0.503 e. The molecule has 0 aliphatic rings. The number of nitrogens with zero attached hydrogens (tertiary/aromatic N) is 1. The zero-order chi connectivity index (χ0) is 22.3. The minimum atomic E-state index is -1.35. The molecule has 0 saturated carbocycles. The molecule has 1 amide bonds. The minimum absolute atomic E-state index is 0.00605. The number of hydrogen-bond donors (Lipinski definition) is 3. The van der Waals surface area contributed by atoms with Crippen molar-refractivity contribution in [1.29, 1.82) is 0 Å². The van der Waals surface area contributed by atoms with E-state index in [1.807, 2.05) is 0 Å². The summed E-state index contributed by atoms with van der Waals surface area (Å²) in [5.41, 5.74) is -0.314. The van der Waals surface area contributed by atoms with E-state index in [4.69, 9.17) is 16.7 Å². The standard InChI is InChI=1S/C20H16ClF3N2O4/c1-8(19(29)25-7-27)15-9(2)26(14-6-13(23)18(28)17(24)16(14)15)20(30)10-3-4-11(21)12(22)5-10/h3-6,8,27-28H,7H2,1-2H3,(H,25,29)/t8-/m0/s1. The maximum atomic E-state index is 14.8. The lowest BCUT2D eigenvalue weighted by Crippen LogP contribution is -2.29. The molecule has 0 fully saturated rings. The molecule has 3 aromatic rings. The van der Waals surface area contributed by atoms with Crippen molar-refractivity contribution in [3.05, 3.63) is 63.6 Å². The maximum absolute atomic E-state index is 14.8. The number of phenols is 1. The number of aromatic nitrogens is 1. The summed E-state index contributed by atoms with van der Waals surface area (Å²) in [7, 11) is 0. The highest BCUT2D eigenvalue weighted by Crippen LogP contribution is 2.38. The molecular formula is C20H16ClF3N2O4. The molecule has 0 saturated heterocycles. The Morgan fingerprint density at radius 2 is 1.87 bits per heavy atom. The number of hydrogen-bond acceptors (Lipinski definition) is 4. The Balaban J connectivity index is 2.34. The lowest BCUT2D eigenvalue weighted by atomic mass is 9.96. The van der Waals surface area contributed by atoms with Crippen LogP contribution in [0.2, 0.25) is 5.02 Å². The molecule has 10 heteroatoms. The average molecular weight is 441 g/mol. The van der Waals surface area contributed by atoms with Crippen molar-refractivity contribution in [3.8, 4) is 5.75 Å². The highest BCUT2D eigenvalue weighted by atomic mass is 35.5. The fourth-order valence-electron chi connectivity index (χ4n) is 3.42. The molecule has 0 unspecified atom stereocenters. The Labute approximate surface area is 173 Å². The summed E-state index contributed by atoms with van der Waals surface area (Å²) in [6, 6.07) is 4.04. The van der Waals surface area contributed by atoms with Gasteiger partial charge in [-0.25, -0.2) is 13.2 Å². The molecule has 1 aromatic heterocycles. The molecule has 2 aromatic carbocycles. The molecule has 0 radical (unpaired) electrons. The molecule has 1 atom stereocenters. The molecule has 0 aliphatic carbocycles. The third-order valence-corrected chi connectivity index (χ3v) is 5.16. The molecule has 1 heterocycles. The van der Waals surface area contributed by atoms with E-state index in [0.29, 0.717) is 0 Å². The van der Waals surface area contributed by atoms with Crippen LogP contribution in [0, 0.1) is 24.4 Å². The third kappa shape index (κ3) is 3.40. The van der Waals surface area contributed by atoms with Gasteiger partial charge in [0.15, 0.2) is 17.4 Å². The first-order valence-electron chi connectivity index (χ1n) is 8.70. The van der Waals surface area contributed by atoms with Crippen molar-refractivity contribution >= 4 is 34.3 Å². The summed E-state index contributed by atoms with van der Waals surface area (Å²) in [5.74, 6) is -7.36. The Kier molecular flexibility index (Phi) is 5.78. The average Bonchev–Trinajstić information content (AvgIpc) is 2.99. The summed E-state index contributed by atoms with van der Waals surface area (Å²) < 4.78 is 43.7.